The van der Waals surface area contributed by atoms with Crippen LogP contribution in [0.25, 0.3) is 6.08 Å². The number of carboxylic acids is 1. The second-order valence-electron chi connectivity index (χ2n) is 5.06. The predicted molar refractivity (Wildman–Crippen MR) is 86.1 cm³/mol. The lowest BCUT2D eigenvalue weighted by atomic mass is 10.1. The van der Waals surface area contributed by atoms with Crippen molar-refractivity contribution in [2.45, 2.75) is 6.18 Å². The first-order chi connectivity index (χ1) is 12.2. The number of hydrogen-bond donors (Lipinski definition) is 1. The topological polar surface area (TPSA) is 72.8 Å². The number of alkyl halides is 3. The minimum Gasteiger partial charge on any atom is -0.484 e. The Balaban J connectivity index is 1.95. The van der Waals surface area contributed by atoms with Gasteiger partial charge in [-0.05, 0) is 48.0 Å². The summed E-state index contributed by atoms with van der Waals surface area (Å²) in [5.74, 6) is -1.61. The van der Waals surface area contributed by atoms with Crippen molar-refractivity contribution in [2.75, 3.05) is 6.61 Å². The minimum absolute atomic E-state index is 0.00306. The molecule has 0 saturated carbocycles. The molecular weight excluding hydrogens is 353 g/mol. The van der Waals surface area contributed by atoms with E-state index in [0.717, 1.165) is 6.08 Å². The Hall–Kier alpha value is -3.29. The standard InChI is InChI=1S/C18H13F3O5/c19-18(20,21)11-25-14-6-8-15(9-7-14)26-17(24)13-4-1-12(2-5-13)3-10-16(22)23/h1-10H,11H2,(H,22,23)/b10-3+. The van der Waals surface area contributed by atoms with Crippen molar-refractivity contribution in [2.24, 2.45) is 0 Å². The van der Waals surface area contributed by atoms with Crippen LogP contribution in [0.2, 0.25) is 0 Å². The Morgan fingerprint density at radius 2 is 1.54 bits per heavy atom. The molecule has 0 radical (unpaired) electrons. The lowest BCUT2D eigenvalue weighted by Gasteiger charge is -2.09. The third kappa shape index (κ3) is 6.31. The van der Waals surface area contributed by atoms with E-state index in [1.165, 1.54) is 42.5 Å². The Kier molecular flexibility index (Phi) is 6.00. The third-order valence-electron chi connectivity index (χ3n) is 3.00. The Morgan fingerprint density at radius 3 is 2.08 bits per heavy atom. The zero-order valence-electron chi connectivity index (χ0n) is 13.2. The normalized spacial score (nSPS) is 11.3. The molecule has 26 heavy (non-hydrogen) atoms. The summed E-state index contributed by atoms with van der Waals surface area (Å²) in [6.45, 7) is -1.41. The van der Waals surface area contributed by atoms with E-state index in [4.69, 9.17) is 9.84 Å². The van der Waals surface area contributed by atoms with Crippen molar-refractivity contribution < 1.29 is 37.3 Å². The van der Waals surface area contributed by atoms with Crippen LogP contribution in [0.4, 0.5) is 13.2 Å². The molecule has 0 fully saturated rings. The third-order valence-corrected chi connectivity index (χ3v) is 3.00. The van der Waals surface area contributed by atoms with Crippen molar-refractivity contribution in [3.8, 4) is 11.5 Å². The summed E-state index contributed by atoms with van der Waals surface area (Å²) in [4.78, 5) is 22.5. The zero-order chi connectivity index (χ0) is 19.2. The molecule has 0 spiro atoms. The number of esters is 1. The van der Waals surface area contributed by atoms with Gasteiger partial charge in [0.1, 0.15) is 11.5 Å². The maximum absolute atomic E-state index is 12.1. The molecule has 0 amide bonds. The van der Waals surface area contributed by atoms with Gasteiger partial charge in [0.05, 0.1) is 5.56 Å². The number of halogens is 3. The van der Waals surface area contributed by atoms with Gasteiger partial charge in [0.2, 0.25) is 0 Å². The maximum Gasteiger partial charge on any atom is 0.422 e. The van der Waals surface area contributed by atoms with Gasteiger partial charge in [-0.2, -0.15) is 13.2 Å². The Labute approximate surface area is 146 Å². The smallest absolute Gasteiger partial charge is 0.422 e. The first-order valence-corrected chi connectivity index (χ1v) is 7.26. The van der Waals surface area contributed by atoms with Gasteiger partial charge in [0.25, 0.3) is 0 Å². The molecule has 5 nitrogen and oxygen atoms in total. The number of ether oxygens (including phenoxy) is 2. The average molecular weight is 366 g/mol. The van der Waals surface area contributed by atoms with Crippen molar-refractivity contribution in [3.05, 3.63) is 65.7 Å². The summed E-state index contributed by atoms with van der Waals surface area (Å²) in [6, 6.07) is 11.2. The van der Waals surface area contributed by atoms with Gasteiger partial charge < -0.3 is 14.6 Å². The van der Waals surface area contributed by atoms with Crippen LogP contribution in [0.5, 0.6) is 11.5 Å². The molecule has 136 valence electrons. The number of benzene rings is 2. The van der Waals surface area contributed by atoms with Crippen LogP contribution in [0.3, 0.4) is 0 Å². The number of carbonyl (C=O) groups excluding carboxylic acids is 1. The van der Waals surface area contributed by atoms with E-state index in [2.05, 4.69) is 4.74 Å². The molecule has 0 unspecified atom stereocenters. The van der Waals surface area contributed by atoms with E-state index in [1.54, 1.807) is 12.1 Å². The van der Waals surface area contributed by atoms with Crippen LogP contribution in [0.1, 0.15) is 15.9 Å². The highest BCUT2D eigenvalue weighted by Crippen LogP contribution is 2.22. The second-order valence-corrected chi connectivity index (χ2v) is 5.06. The summed E-state index contributed by atoms with van der Waals surface area (Å²) >= 11 is 0. The van der Waals surface area contributed by atoms with E-state index in [9.17, 15) is 22.8 Å². The van der Waals surface area contributed by atoms with E-state index in [0.29, 0.717) is 5.56 Å². The van der Waals surface area contributed by atoms with E-state index in [-0.39, 0.29) is 17.1 Å². The molecule has 2 aromatic rings. The molecular formula is C18H13F3O5. The lowest BCUT2D eigenvalue weighted by molar-refractivity contribution is -0.153. The van der Waals surface area contributed by atoms with Gasteiger partial charge in [-0.15, -0.1) is 0 Å². The van der Waals surface area contributed by atoms with Crippen molar-refractivity contribution in [1.29, 1.82) is 0 Å². The first kappa shape index (κ1) is 19.0. The van der Waals surface area contributed by atoms with Crippen LogP contribution < -0.4 is 9.47 Å². The predicted octanol–water partition coefficient (Wildman–Crippen LogP) is 3.94. The fourth-order valence-electron chi connectivity index (χ4n) is 1.83. The SMILES string of the molecule is O=C(O)/C=C/c1ccc(C(=O)Oc2ccc(OCC(F)(F)F)cc2)cc1. The van der Waals surface area contributed by atoms with Crippen molar-refractivity contribution in [1.82, 2.24) is 0 Å². The number of hydrogen-bond acceptors (Lipinski definition) is 4. The highest BCUT2D eigenvalue weighted by Gasteiger charge is 2.28. The summed E-state index contributed by atoms with van der Waals surface area (Å²) < 4.78 is 45.9. The molecule has 2 rings (SSSR count). The largest absolute Gasteiger partial charge is 0.484 e. The molecule has 0 aliphatic carbocycles. The summed E-state index contributed by atoms with van der Waals surface area (Å²) in [7, 11) is 0. The molecule has 0 bridgehead atoms. The maximum atomic E-state index is 12.1. The average Bonchev–Trinajstić information content (AvgIpc) is 2.59. The number of aliphatic carboxylic acids is 1. The first-order valence-electron chi connectivity index (χ1n) is 7.26. The molecule has 8 heteroatoms. The number of carbonyl (C=O) groups is 2. The van der Waals surface area contributed by atoms with Crippen molar-refractivity contribution >= 4 is 18.0 Å². The van der Waals surface area contributed by atoms with Gasteiger partial charge in [-0.3, -0.25) is 0 Å². The number of rotatable bonds is 6. The second kappa shape index (κ2) is 8.19. The molecule has 2 aromatic carbocycles. The highest BCUT2D eigenvalue weighted by atomic mass is 19.4. The van der Waals surface area contributed by atoms with Crippen LogP contribution in [0.15, 0.2) is 54.6 Å². The monoisotopic (exact) mass is 366 g/mol. The molecule has 0 aliphatic heterocycles. The molecule has 0 aromatic heterocycles. The molecule has 0 atom stereocenters. The Bertz CT molecular complexity index is 793. The van der Waals surface area contributed by atoms with E-state index >= 15 is 0 Å². The van der Waals surface area contributed by atoms with Gasteiger partial charge in [-0.25, -0.2) is 9.59 Å². The van der Waals surface area contributed by atoms with Crippen LogP contribution >= 0.6 is 0 Å². The van der Waals surface area contributed by atoms with E-state index in [1.807, 2.05) is 0 Å². The fourth-order valence-corrected chi connectivity index (χ4v) is 1.83. The van der Waals surface area contributed by atoms with Crippen LogP contribution in [0, 0.1) is 0 Å². The highest BCUT2D eigenvalue weighted by molar-refractivity contribution is 5.91. The van der Waals surface area contributed by atoms with E-state index < -0.39 is 24.7 Å². The van der Waals surface area contributed by atoms with Gasteiger partial charge in [0, 0.05) is 6.08 Å². The van der Waals surface area contributed by atoms with Gasteiger partial charge >= 0.3 is 18.1 Å². The van der Waals surface area contributed by atoms with Crippen molar-refractivity contribution in [3.63, 3.8) is 0 Å². The summed E-state index contributed by atoms with van der Waals surface area (Å²) in [5.41, 5.74) is 0.824. The zero-order valence-corrected chi connectivity index (χ0v) is 13.2. The fraction of sp³-hybridized carbons (Fsp3) is 0.111. The van der Waals surface area contributed by atoms with Gasteiger partial charge in [-0.1, -0.05) is 12.1 Å². The van der Waals surface area contributed by atoms with Gasteiger partial charge in [0.15, 0.2) is 6.61 Å². The summed E-state index contributed by atoms with van der Waals surface area (Å²) in [5, 5.41) is 8.55. The minimum atomic E-state index is -4.43. The molecule has 1 N–H and O–H groups in total. The summed E-state index contributed by atoms with van der Waals surface area (Å²) in [6.07, 6.45) is -2.09. The number of carboxylic acid groups (broad SMARTS) is 1. The Morgan fingerprint density at radius 1 is 0.962 bits per heavy atom. The quantitative estimate of drug-likeness (QED) is 0.476. The molecule has 0 saturated heterocycles. The van der Waals surface area contributed by atoms with Crippen LogP contribution in [-0.4, -0.2) is 29.8 Å². The molecule has 0 heterocycles. The van der Waals surface area contributed by atoms with Crippen LogP contribution in [-0.2, 0) is 4.79 Å². The lowest BCUT2D eigenvalue weighted by Crippen LogP contribution is -2.19. The molecule has 0 aliphatic rings.